The number of ether oxygens (including phenoxy) is 1. The van der Waals surface area contributed by atoms with Gasteiger partial charge in [-0.25, -0.2) is 4.98 Å². The van der Waals surface area contributed by atoms with Crippen molar-refractivity contribution in [3.05, 3.63) is 59.5 Å². The van der Waals surface area contributed by atoms with Crippen molar-refractivity contribution in [3.8, 4) is 16.9 Å². The van der Waals surface area contributed by atoms with Gasteiger partial charge in [0, 0.05) is 54.2 Å². The molecule has 8 heteroatoms. The molecule has 1 fully saturated rings. The van der Waals surface area contributed by atoms with Gasteiger partial charge in [0.25, 0.3) is 5.91 Å². The molecule has 2 aliphatic heterocycles. The van der Waals surface area contributed by atoms with E-state index in [2.05, 4.69) is 37.8 Å². The summed E-state index contributed by atoms with van der Waals surface area (Å²) in [5.41, 5.74) is 4.73. The number of benzene rings is 1. The first kappa shape index (κ1) is 22.4. The maximum absolute atomic E-state index is 12.7. The number of hydrogen-bond acceptors (Lipinski definition) is 6. The van der Waals surface area contributed by atoms with Gasteiger partial charge in [0.1, 0.15) is 11.6 Å². The third-order valence-corrected chi connectivity index (χ3v) is 6.86. The minimum absolute atomic E-state index is 0.00772. The Morgan fingerprint density at radius 1 is 1.26 bits per heavy atom. The number of carbonyl (C=O) groups is 1. The van der Waals surface area contributed by atoms with Gasteiger partial charge in [-0.1, -0.05) is 12.1 Å². The fourth-order valence-electron chi connectivity index (χ4n) is 4.79. The van der Waals surface area contributed by atoms with Gasteiger partial charge in [-0.15, -0.1) is 0 Å². The van der Waals surface area contributed by atoms with Crippen LogP contribution in [0.3, 0.4) is 0 Å². The van der Waals surface area contributed by atoms with Crippen LogP contribution in [0, 0.1) is 5.92 Å². The van der Waals surface area contributed by atoms with Gasteiger partial charge >= 0.3 is 0 Å². The SMILES string of the molecule is CN1CCC(CCNC(=O)c2cccc(CNc3ncc(-c4cn[nH]c4)c4c3CCO4)c2)CC1. The Morgan fingerprint density at radius 3 is 2.97 bits per heavy atom. The van der Waals surface area contributed by atoms with Crippen LogP contribution in [-0.4, -0.2) is 59.3 Å². The number of aromatic amines is 1. The first-order chi connectivity index (χ1) is 16.7. The topological polar surface area (TPSA) is 95.2 Å². The van der Waals surface area contributed by atoms with Gasteiger partial charge in [0.05, 0.1) is 12.8 Å². The lowest BCUT2D eigenvalue weighted by molar-refractivity contribution is 0.0949. The number of nitrogens with zero attached hydrogens (tertiary/aromatic N) is 3. The molecule has 0 atom stereocenters. The van der Waals surface area contributed by atoms with Crippen molar-refractivity contribution in [1.82, 2.24) is 25.4 Å². The summed E-state index contributed by atoms with van der Waals surface area (Å²) < 4.78 is 5.91. The van der Waals surface area contributed by atoms with Crippen LogP contribution in [0.25, 0.3) is 11.1 Å². The van der Waals surface area contributed by atoms with Gasteiger partial charge in [-0.2, -0.15) is 5.10 Å². The number of H-pyrrole nitrogens is 1. The zero-order valence-corrected chi connectivity index (χ0v) is 19.6. The number of nitrogens with one attached hydrogen (secondary N) is 3. The highest BCUT2D eigenvalue weighted by atomic mass is 16.5. The Kier molecular flexibility index (Phi) is 6.76. The third-order valence-electron chi connectivity index (χ3n) is 6.86. The largest absolute Gasteiger partial charge is 0.492 e. The molecule has 0 spiro atoms. The number of carbonyl (C=O) groups excluding carboxylic acids is 1. The number of amides is 1. The molecule has 1 amide bonds. The molecule has 178 valence electrons. The van der Waals surface area contributed by atoms with Crippen molar-refractivity contribution in [2.24, 2.45) is 5.92 Å². The first-order valence-corrected chi connectivity index (χ1v) is 12.1. The van der Waals surface area contributed by atoms with E-state index in [9.17, 15) is 4.79 Å². The summed E-state index contributed by atoms with van der Waals surface area (Å²) in [7, 11) is 2.17. The Morgan fingerprint density at radius 2 is 2.15 bits per heavy atom. The molecule has 1 aromatic carbocycles. The van der Waals surface area contributed by atoms with Crippen LogP contribution in [0.1, 0.15) is 40.7 Å². The van der Waals surface area contributed by atoms with E-state index in [0.29, 0.717) is 24.6 Å². The van der Waals surface area contributed by atoms with Gasteiger partial charge in [-0.3, -0.25) is 9.89 Å². The molecule has 0 bridgehead atoms. The summed E-state index contributed by atoms with van der Waals surface area (Å²) >= 11 is 0. The van der Waals surface area contributed by atoms with Crippen molar-refractivity contribution in [2.75, 3.05) is 38.6 Å². The van der Waals surface area contributed by atoms with Gasteiger partial charge in [-0.05, 0) is 63.0 Å². The molecule has 4 heterocycles. The van der Waals surface area contributed by atoms with Crippen LogP contribution in [0.2, 0.25) is 0 Å². The highest BCUT2D eigenvalue weighted by Gasteiger charge is 2.23. The maximum atomic E-state index is 12.7. The smallest absolute Gasteiger partial charge is 0.251 e. The van der Waals surface area contributed by atoms with E-state index in [0.717, 1.165) is 66.3 Å². The highest BCUT2D eigenvalue weighted by molar-refractivity contribution is 5.94. The molecule has 0 radical (unpaired) electrons. The molecular formula is C26H32N6O2. The van der Waals surface area contributed by atoms with Crippen molar-refractivity contribution in [3.63, 3.8) is 0 Å². The number of likely N-dealkylation sites (tertiary alicyclic amines) is 1. The minimum Gasteiger partial charge on any atom is -0.492 e. The maximum Gasteiger partial charge on any atom is 0.251 e. The lowest BCUT2D eigenvalue weighted by atomic mass is 9.94. The number of pyridine rings is 1. The van der Waals surface area contributed by atoms with E-state index in [-0.39, 0.29) is 5.91 Å². The number of rotatable bonds is 8. The van der Waals surface area contributed by atoms with Crippen LogP contribution in [0.15, 0.2) is 42.9 Å². The van der Waals surface area contributed by atoms with Crippen molar-refractivity contribution in [1.29, 1.82) is 0 Å². The second kappa shape index (κ2) is 10.3. The van der Waals surface area contributed by atoms with Crippen LogP contribution in [0.4, 0.5) is 5.82 Å². The molecule has 1 saturated heterocycles. The number of aromatic nitrogens is 3. The molecule has 3 N–H and O–H groups in total. The second-order valence-electron chi connectivity index (χ2n) is 9.26. The van der Waals surface area contributed by atoms with Crippen molar-refractivity contribution >= 4 is 11.7 Å². The summed E-state index contributed by atoms with van der Waals surface area (Å²) in [5.74, 6) is 2.40. The minimum atomic E-state index is -0.00772. The average Bonchev–Trinajstić information content (AvgIpc) is 3.57. The summed E-state index contributed by atoms with van der Waals surface area (Å²) in [6, 6.07) is 7.79. The highest BCUT2D eigenvalue weighted by Crippen LogP contribution is 2.39. The predicted octanol–water partition coefficient (Wildman–Crippen LogP) is 3.48. The zero-order valence-electron chi connectivity index (χ0n) is 19.6. The Hall–Kier alpha value is -3.39. The normalized spacial score (nSPS) is 16.1. The van der Waals surface area contributed by atoms with Gasteiger partial charge < -0.3 is 20.3 Å². The monoisotopic (exact) mass is 460 g/mol. The molecule has 3 aromatic rings. The summed E-state index contributed by atoms with van der Waals surface area (Å²) in [4.78, 5) is 19.7. The number of piperidine rings is 1. The van der Waals surface area contributed by atoms with Crippen LogP contribution in [0.5, 0.6) is 5.75 Å². The number of hydrogen-bond donors (Lipinski definition) is 3. The molecule has 5 rings (SSSR count). The lowest BCUT2D eigenvalue weighted by Crippen LogP contribution is -2.32. The Labute approximate surface area is 200 Å². The molecule has 2 aromatic heterocycles. The van der Waals surface area contributed by atoms with Crippen LogP contribution >= 0.6 is 0 Å². The molecular weight excluding hydrogens is 428 g/mol. The van der Waals surface area contributed by atoms with E-state index < -0.39 is 0 Å². The molecule has 2 aliphatic rings. The fourth-order valence-corrected chi connectivity index (χ4v) is 4.79. The van der Waals surface area contributed by atoms with Crippen LogP contribution in [-0.2, 0) is 13.0 Å². The van der Waals surface area contributed by atoms with E-state index >= 15 is 0 Å². The quantitative estimate of drug-likeness (QED) is 0.476. The summed E-state index contributed by atoms with van der Waals surface area (Å²) in [6.45, 7) is 4.28. The Balaban J connectivity index is 1.18. The van der Waals surface area contributed by atoms with Crippen molar-refractivity contribution in [2.45, 2.75) is 32.2 Å². The zero-order chi connectivity index (χ0) is 23.3. The average molecular weight is 461 g/mol. The summed E-state index contributed by atoms with van der Waals surface area (Å²) in [6.07, 6.45) is 9.75. The van der Waals surface area contributed by atoms with Crippen LogP contribution < -0.4 is 15.4 Å². The van der Waals surface area contributed by atoms with Gasteiger partial charge in [0.15, 0.2) is 0 Å². The fraction of sp³-hybridized carbons (Fsp3) is 0.423. The second-order valence-corrected chi connectivity index (χ2v) is 9.26. The molecule has 0 unspecified atom stereocenters. The molecule has 0 aliphatic carbocycles. The van der Waals surface area contributed by atoms with Gasteiger partial charge in [0.2, 0.25) is 0 Å². The lowest BCUT2D eigenvalue weighted by Gasteiger charge is -2.28. The van der Waals surface area contributed by atoms with E-state index in [1.165, 1.54) is 12.8 Å². The predicted molar refractivity (Wildman–Crippen MR) is 132 cm³/mol. The van der Waals surface area contributed by atoms with E-state index in [1.807, 2.05) is 36.7 Å². The number of anilines is 1. The standard InChI is InChI=1S/C26H32N6O2/c1-32-10-6-18(7-11-32)5-9-27-26(33)20-4-2-3-19(13-20)14-28-25-22-8-12-34-24(22)23(17-29-25)21-15-30-31-16-21/h2-4,13,15-18H,5-12,14H2,1H3,(H,27,33)(H,28,29)(H,30,31). The number of fused-ring (bicyclic) bond motifs is 1. The molecule has 34 heavy (non-hydrogen) atoms. The van der Waals surface area contributed by atoms with E-state index in [1.54, 1.807) is 6.20 Å². The Bertz CT molecular complexity index is 1120. The van der Waals surface area contributed by atoms with Crippen molar-refractivity contribution < 1.29 is 9.53 Å². The third kappa shape index (κ3) is 5.07. The molecule has 8 nitrogen and oxygen atoms in total. The molecule has 0 saturated carbocycles. The first-order valence-electron chi connectivity index (χ1n) is 12.1. The summed E-state index contributed by atoms with van der Waals surface area (Å²) in [5, 5.41) is 13.4. The van der Waals surface area contributed by atoms with E-state index in [4.69, 9.17) is 4.74 Å².